The lowest BCUT2D eigenvalue weighted by atomic mass is 10.1. The van der Waals surface area contributed by atoms with Crippen LogP contribution in [-0.2, 0) is 16.3 Å². The summed E-state index contributed by atoms with van der Waals surface area (Å²) in [6, 6.07) is 9.82. The van der Waals surface area contributed by atoms with Gasteiger partial charge in [0.2, 0.25) is 9.84 Å². The summed E-state index contributed by atoms with van der Waals surface area (Å²) in [5.41, 5.74) is 0.977. The Hall–Kier alpha value is -1.92. The molecule has 22 heavy (non-hydrogen) atoms. The first-order chi connectivity index (χ1) is 10.5. The molecule has 116 valence electrons. The van der Waals surface area contributed by atoms with Crippen LogP contribution in [-0.4, -0.2) is 21.7 Å². The number of hydrogen-bond acceptors (Lipinski definition) is 4. The van der Waals surface area contributed by atoms with Gasteiger partial charge >= 0.3 is 0 Å². The first-order valence-corrected chi connectivity index (χ1v) is 8.46. The zero-order chi connectivity index (χ0) is 15.7. The molecule has 0 saturated carbocycles. The van der Waals surface area contributed by atoms with E-state index in [0.717, 1.165) is 24.5 Å². The van der Waals surface area contributed by atoms with Crippen LogP contribution in [0, 0.1) is 5.82 Å². The molecule has 1 aliphatic heterocycles. The molecule has 0 amide bonds. The average molecular weight is 321 g/mol. The topological polar surface area (TPSA) is 55.4 Å². The third-order valence-electron chi connectivity index (χ3n) is 3.72. The van der Waals surface area contributed by atoms with Gasteiger partial charge in [-0.3, -0.25) is 5.32 Å². The molecular weight excluding hydrogens is 305 g/mol. The molecule has 0 fully saturated rings. The van der Waals surface area contributed by atoms with Crippen molar-refractivity contribution in [2.75, 3.05) is 7.05 Å². The maximum absolute atomic E-state index is 13.3. The van der Waals surface area contributed by atoms with Gasteiger partial charge in [0, 0.05) is 6.42 Å². The third kappa shape index (κ3) is 2.71. The van der Waals surface area contributed by atoms with E-state index in [9.17, 15) is 12.8 Å². The number of benzene rings is 2. The molecule has 1 heterocycles. The van der Waals surface area contributed by atoms with Crippen LogP contribution < -0.4 is 10.1 Å². The van der Waals surface area contributed by atoms with Gasteiger partial charge in [-0.05, 0) is 49.4 Å². The summed E-state index contributed by atoms with van der Waals surface area (Å²) >= 11 is 0. The van der Waals surface area contributed by atoms with Gasteiger partial charge in [-0.2, -0.15) is 0 Å². The molecule has 0 aliphatic carbocycles. The summed E-state index contributed by atoms with van der Waals surface area (Å²) in [6.45, 7) is 0. The summed E-state index contributed by atoms with van der Waals surface area (Å²) in [6.07, 6.45) is 1.53. The molecule has 1 unspecified atom stereocenters. The van der Waals surface area contributed by atoms with Crippen LogP contribution in [0.1, 0.15) is 12.0 Å². The van der Waals surface area contributed by atoms with E-state index in [4.69, 9.17) is 4.74 Å². The summed E-state index contributed by atoms with van der Waals surface area (Å²) in [5, 5.41) is 3.02. The van der Waals surface area contributed by atoms with E-state index in [-0.39, 0.29) is 16.0 Å². The highest BCUT2D eigenvalue weighted by Crippen LogP contribution is 2.31. The minimum Gasteiger partial charge on any atom is -0.475 e. The van der Waals surface area contributed by atoms with E-state index >= 15 is 0 Å². The average Bonchev–Trinajstić information content (AvgIpc) is 2.53. The second-order valence-electron chi connectivity index (χ2n) is 5.16. The van der Waals surface area contributed by atoms with Crippen molar-refractivity contribution in [1.29, 1.82) is 0 Å². The van der Waals surface area contributed by atoms with Gasteiger partial charge in [0.25, 0.3) is 0 Å². The SMILES string of the molecule is CNC1CCc2ccc(S(=O)(=O)c3cccc(F)c3)cc2O1. The lowest BCUT2D eigenvalue weighted by Crippen LogP contribution is -2.34. The number of sulfone groups is 1. The van der Waals surface area contributed by atoms with Gasteiger partial charge in [-0.15, -0.1) is 0 Å². The molecular formula is C16H16FNO3S. The maximum Gasteiger partial charge on any atom is 0.206 e. The zero-order valence-corrected chi connectivity index (χ0v) is 12.9. The van der Waals surface area contributed by atoms with Gasteiger partial charge in [-0.25, -0.2) is 12.8 Å². The fourth-order valence-electron chi connectivity index (χ4n) is 2.49. The predicted octanol–water partition coefficient (Wildman–Crippen LogP) is 2.53. The van der Waals surface area contributed by atoms with E-state index in [1.165, 1.54) is 24.3 Å². The standard InChI is InChI=1S/C16H16FNO3S/c1-18-16-8-6-11-5-7-14(10-15(11)21-16)22(19,20)13-4-2-3-12(17)9-13/h2-5,7,9-10,16,18H,6,8H2,1H3. The molecule has 1 N–H and O–H groups in total. The Bertz CT molecular complexity index is 805. The number of rotatable bonds is 3. The van der Waals surface area contributed by atoms with E-state index in [1.54, 1.807) is 19.2 Å². The molecule has 4 nitrogen and oxygen atoms in total. The summed E-state index contributed by atoms with van der Waals surface area (Å²) in [7, 11) is -1.96. The quantitative estimate of drug-likeness (QED) is 0.944. The molecule has 0 bridgehead atoms. The largest absolute Gasteiger partial charge is 0.475 e. The molecule has 0 aromatic heterocycles. The van der Waals surface area contributed by atoms with Gasteiger partial charge in [0.1, 0.15) is 17.8 Å². The van der Waals surface area contributed by atoms with E-state index < -0.39 is 15.7 Å². The Labute approximate surface area is 128 Å². The smallest absolute Gasteiger partial charge is 0.206 e. The van der Waals surface area contributed by atoms with Crippen molar-refractivity contribution in [3.8, 4) is 5.75 Å². The fourth-order valence-corrected chi connectivity index (χ4v) is 3.80. The van der Waals surface area contributed by atoms with E-state index in [0.29, 0.717) is 5.75 Å². The second-order valence-corrected chi connectivity index (χ2v) is 7.11. The molecule has 0 saturated heterocycles. The van der Waals surface area contributed by atoms with Crippen LogP contribution in [0.15, 0.2) is 52.3 Å². The Kier molecular flexibility index (Phi) is 3.88. The number of fused-ring (bicyclic) bond motifs is 1. The molecule has 2 aromatic rings. The molecule has 3 rings (SSSR count). The van der Waals surface area contributed by atoms with Gasteiger partial charge < -0.3 is 4.74 Å². The second kappa shape index (κ2) is 5.70. The minimum absolute atomic E-state index is 0.0616. The normalized spacial score (nSPS) is 17.6. The molecule has 2 aromatic carbocycles. The van der Waals surface area contributed by atoms with Gasteiger partial charge in [0.15, 0.2) is 0 Å². The molecule has 1 atom stereocenters. The number of ether oxygens (including phenoxy) is 1. The van der Waals surface area contributed by atoms with Crippen molar-refractivity contribution in [3.05, 3.63) is 53.8 Å². The van der Waals surface area contributed by atoms with Crippen molar-refractivity contribution < 1.29 is 17.5 Å². The van der Waals surface area contributed by atoms with Crippen molar-refractivity contribution >= 4 is 9.84 Å². The van der Waals surface area contributed by atoms with Crippen LogP contribution in [0.25, 0.3) is 0 Å². The molecule has 0 radical (unpaired) electrons. The van der Waals surface area contributed by atoms with Crippen molar-refractivity contribution in [1.82, 2.24) is 5.32 Å². The zero-order valence-electron chi connectivity index (χ0n) is 12.0. The number of nitrogens with one attached hydrogen (secondary N) is 1. The maximum atomic E-state index is 13.3. The lowest BCUT2D eigenvalue weighted by Gasteiger charge is -2.26. The first kappa shape index (κ1) is 15.0. The van der Waals surface area contributed by atoms with Gasteiger partial charge in [-0.1, -0.05) is 12.1 Å². The summed E-state index contributed by atoms with van der Waals surface area (Å²) in [5.74, 6) is -0.0198. The Morgan fingerprint density at radius 3 is 2.68 bits per heavy atom. The first-order valence-electron chi connectivity index (χ1n) is 6.98. The van der Waals surface area contributed by atoms with Crippen molar-refractivity contribution in [2.24, 2.45) is 0 Å². The lowest BCUT2D eigenvalue weighted by molar-refractivity contribution is 0.147. The number of aryl methyl sites for hydroxylation is 1. The highest BCUT2D eigenvalue weighted by atomic mass is 32.2. The van der Waals surface area contributed by atoms with Crippen LogP contribution >= 0.6 is 0 Å². The molecule has 0 spiro atoms. The fraction of sp³-hybridized carbons (Fsp3) is 0.250. The van der Waals surface area contributed by atoms with Gasteiger partial charge in [0.05, 0.1) is 9.79 Å². The van der Waals surface area contributed by atoms with Crippen LogP contribution in [0.2, 0.25) is 0 Å². The van der Waals surface area contributed by atoms with Crippen molar-refractivity contribution in [3.63, 3.8) is 0 Å². The number of halogens is 1. The molecule has 1 aliphatic rings. The highest BCUT2D eigenvalue weighted by molar-refractivity contribution is 7.91. The monoisotopic (exact) mass is 321 g/mol. The van der Waals surface area contributed by atoms with Crippen LogP contribution in [0.5, 0.6) is 5.75 Å². The Balaban J connectivity index is 2.02. The third-order valence-corrected chi connectivity index (χ3v) is 5.47. The van der Waals surface area contributed by atoms with Crippen molar-refractivity contribution in [2.45, 2.75) is 28.9 Å². The van der Waals surface area contributed by atoms with E-state index in [2.05, 4.69) is 5.32 Å². The Morgan fingerprint density at radius 2 is 1.95 bits per heavy atom. The summed E-state index contributed by atoms with van der Waals surface area (Å²) in [4.78, 5) is 0.0435. The predicted molar refractivity (Wildman–Crippen MR) is 80.1 cm³/mol. The molecule has 6 heteroatoms. The van der Waals surface area contributed by atoms with Crippen LogP contribution in [0.4, 0.5) is 4.39 Å². The minimum atomic E-state index is -3.76. The summed E-state index contributed by atoms with van der Waals surface area (Å²) < 4.78 is 44.2. The van der Waals surface area contributed by atoms with E-state index in [1.807, 2.05) is 0 Å². The number of hydrogen-bond donors (Lipinski definition) is 1. The highest BCUT2D eigenvalue weighted by Gasteiger charge is 2.23. The van der Waals surface area contributed by atoms with Crippen LogP contribution in [0.3, 0.4) is 0 Å². The Morgan fingerprint density at radius 1 is 1.18 bits per heavy atom.